The molecule has 8 heteroatoms. The molecule has 1 aromatic heterocycles. The summed E-state index contributed by atoms with van der Waals surface area (Å²) in [5.74, 6) is -1.64. The fourth-order valence-corrected chi connectivity index (χ4v) is 1.55. The van der Waals surface area contributed by atoms with Gasteiger partial charge in [-0.1, -0.05) is 0 Å². The number of benzene rings is 1. The highest BCUT2D eigenvalue weighted by atomic mass is 19.4. The average molecular weight is 299 g/mol. The van der Waals surface area contributed by atoms with E-state index in [2.05, 4.69) is 10.3 Å². The van der Waals surface area contributed by atoms with E-state index in [1.54, 1.807) is 0 Å². The van der Waals surface area contributed by atoms with Gasteiger partial charge in [-0.15, -0.1) is 0 Å². The number of carbonyl (C=O) groups is 1. The highest BCUT2D eigenvalue weighted by Gasteiger charge is 2.32. The lowest BCUT2D eigenvalue weighted by Crippen LogP contribution is -2.15. The van der Waals surface area contributed by atoms with Crippen molar-refractivity contribution in [1.82, 2.24) is 4.98 Å². The molecule has 110 valence electrons. The maximum atomic E-state index is 13.5. The number of rotatable bonds is 2. The van der Waals surface area contributed by atoms with Crippen molar-refractivity contribution < 1.29 is 22.4 Å². The summed E-state index contributed by atoms with van der Waals surface area (Å²) in [6, 6.07) is 5.23. The Morgan fingerprint density at radius 1 is 1.19 bits per heavy atom. The molecule has 0 aliphatic rings. The molecule has 1 amide bonds. The minimum atomic E-state index is -4.56. The van der Waals surface area contributed by atoms with Crippen molar-refractivity contribution in [2.24, 2.45) is 0 Å². The van der Waals surface area contributed by atoms with Crippen molar-refractivity contribution in [3.8, 4) is 0 Å². The molecule has 0 unspecified atom stereocenters. The largest absolute Gasteiger partial charge is 0.433 e. The van der Waals surface area contributed by atoms with Gasteiger partial charge >= 0.3 is 6.18 Å². The standard InChI is InChI=1S/C13H9F4N3O/c14-10-5-7(18)1-3-9(10)12(21)20-8-2-4-11(19-6-8)13(15,16)17/h1-6H,18H2,(H,20,21). The fraction of sp³-hybridized carbons (Fsp3) is 0.0769. The number of hydrogen-bond donors (Lipinski definition) is 2. The maximum absolute atomic E-state index is 13.5. The van der Waals surface area contributed by atoms with E-state index in [0.717, 1.165) is 24.4 Å². The van der Waals surface area contributed by atoms with Gasteiger partial charge in [0.2, 0.25) is 0 Å². The van der Waals surface area contributed by atoms with Gasteiger partial charge in [0, 0.05) is 5.69 Å². The Labute approximate surface area is 116 Å². The van der Waals surface area contributed by atoms with E-state index >= 15 is 0 Å². The van der Waals surface area contributed by atoms with Crippen LogP contribution in [0.15, 0.2) is 36.5 Å². The monoisotopic (exact) mass is 299 g/mol. The number of alkyl halides is 3. The number of amides is 1. The van der Waals surface area contributed by atoms with Crippen LogP contribution in [0.25, 0.3) is 0 Å². The van der Waals surface area contributed by atoms with E-state index in [0.29, 0.717) is 0 Å². The van der Waals surface area contributed by atoms with Gasteiger partial charge in [-0.2, -0.15) is 13.2 Å². The zero-order chi connectivity index (χ0) is 15.6. The van der Waals surface area contributed by atoms with Crippen LogP contribution in [0.4, 0.5) is 28.9 Å². The summed E-state index contributed by atoms with van der Waals surface area (Å²) < 4.78 is 50.5. The molecule has 0 bridgehead atoms. The maximum Gasteiger partial charge on any atom is 0.433 e. The van der Waals surface area contributed by atoms with E-state index in [1.807, 2.05) is 0 Å². The Hall–Kier alpha value is -2.64. The molecule has 2 rings (SSSR count). The number of nitrogens with one attached hydrogen (secondary N) is 1. The molecule has 4 nitrogen and oxygen atoms in total. The number of nitrogens with zero attached hydrogens (tertiary/aromatic N) is 1. The number of nitrogen functional groups attached to an aromatic ring is 1. The first-order valence-electron chi connectivity index (χ1n) is 5.67. The Bertz CT molecular complexity index is 668. The number of carbonyl (C=O) groups excluding carboxylic acids is 1. The quantitative estimate of drug-likeness (QED) is 0.661. The third kappa shape index (κ3) is 3.47. The number of aromatic nitrogens is 1. The fourth-order valence-electron chi connectivity index (χ4n) is 1.55. The normalized spacial score (nSPS) is 11.2. The van der Waals surface area contributed by atoms with E-state index in [1.165, 1.54) is 12.1 Å². The van der Waals surface area contributed by atoms with Crippen molar-refractivity contribution in [3.63, 3.8) is 0 Å². The van der Waals surface area contributed by atoms with E-state index in [4.69, 9.17) is 5.73 Å². The molecule has 0 saturated carbocycles. The Kier molecular flexibility index (Phi) is 3.79. The summed E-state index contributed by atoms with van der Waals surface area (Å²) in [5, 5.41) is 2.25. The summed E-state index contributed by atoms with van der Waals surface area (Å²) in [6.45, 7) is 0. The third-order valence-corrected chi connectivity index (χ3v) is 2.55. The molecule has 0 fully saturated rings. The van der Waals surface area contributed by atoms with Crippen LogP contribution < -0.4 is 11.1 Å². The van der Waals surface area contributed by atoms with Crippen LogP contribution >= 0.6 is 0 Å². The minimum Gasteiger partial charge on any atom is -0.399 e. The second-order valence-corrected chi connectivity index (χ2v) is 4.12. The summed E-state index contributed by atoms with van der Waals surface area (Å²) >= 11 is 0. The van der Waals surface area contributed by atoms with Gasteiger partial charge in [-0.25, -0.2) is 9.37 Å². The van der Waals surface area contributed by atoms with Crippen LogP contribution in [0.2, 0.25) is 0 Å². The summed E-state index contributed by atoms with van der Waals surface area (Å²) in [5.41, 5.74) is 4.16. The van der Waals surface area contributed by atoms with Gasteiger partial charge in [-0.3, -0.25) is 4.79 Å². The Morgan fingerprint density at radius 3 is 2.43 bits per heavy atom. The van der Waals surface area contributed by atoms with Gasteiger partial charge < -0.3 is 11.1 Å². The number of halogens is 4. The van der Waals surface area contributed by atoms with Crippen LogP contribution in [-0.4, -0.2) is 10.9 Å². The molecular formula is C13H9F4N3O. The van der Waals surface area contributed by atoms with Gasteiger partial charge in [0.05, 0.1) is 17.4 Å². The molecule has 0 aliphatic heterocycles. The SMILES string of the molecule is Nc1ccc(C(=O)Nc2ccc(C(F)(F)F)nc2)c(F)c1. The van der Waals surface area contributed by atoms with Crippen molar-refractivity contribution in [2.45, 2.75) is 6.18 Å². The number of nitrogens with two attached hydrogens (primary N) is 1. The lowest BCUT2D eigenvalue weighted by Gasteiger charge is -2.08. The van der Waals surface area contributed by atoms with E-state index in [9.17, 15) is 22.4 Å². The predicted octanol–water partition coefficient (Wildman–Crippen LogP) is 3.07. The first kappa shape index (κ1) is 14.8. The summed E-state index contributed by atoms with van der Waals surface area (Å²) in [6.07, 6.45) is -3.72. The molecule has 0 atom stereocenters. The molecule has 0 aliphatic carbocycles. The average Bonchev–Trinajstić information content (AvgIpc) is 2.38. The molecule has 0 radical (unpaired) electrons. The van der Waals surface area contributed by atoms with Crippen molar-refractivity contribution >= 4 is 17.3 Å². The number of pyridine rings is 1. The molecule has 1 aromatic carbocycles. The summed E-state index contributed by atoms with van der Waals surface area (Å²) in [4.78, 5) is 15.0. The topological polar surface area (TPSA) is 68.0 Å². The lowest BCUT2D eigenvalue weighted by molar-refractivity contribution is -0.141. The second kappa shape index (κ2) is 5.39. The number of anilines is 2. The van der Waals surface area contributed by atoms with Gasteiger partial charge in [0.25, 0.3) is 5.91 Å². The van der Waals surface area contributed by atoms with Crippen LogP contribution in [0, 0.1) is 5.82 Å². The lowest BCUT2D eigenvalue weighted by atomic mass is 10.2. The Morgan fingerprint density at radius 2 is 1.90 bits per heavy atom. The second-order valence-electron chi connectivity index (χ2n) is 4.12. The zero-order valence-corrected chi connectivity index (χ0v) is 10.4. The number of hydrogen-bond acceptors (Lipinski definition) is 3. The molecule has 0 saturated heterocycles. The van der Waals surface area contributed by atoms with E-state index in [-0.39, 0.29) is 16.9 Å². The molecule has 21 heavy (non-hydrogen) atoms. The van der Waals surface area contributed by atoms with Gasteiger partial charge in [0.1, 0.15) is 11.5 Å². The third-order valence-electron chi connectivity index (χ3n) is 2.55. The Balaban J connectivity index is 2.16. The minimum absolute atomic E-state index is 0.0178. The van der Waals surface area contributed by atoms with Gasteiger partial charge in [-0.05, 0) is 30.3 Å². The van der Waals surface area contributed by atoms with Crippen LogP contribution in [0.5, 0.6) is 0 Å². The van der Waals surface area contributed by atoms with Crippen LogP contribution in [0.3, 0.4) is 0 Å². The smallest absolute Gasteiger partial charge is 0.399 e. The molecular weight excluding hydrogens is 290 g/mol. The zero-order valence-electron chi connectivity index (χ0n) is 10.4. The predicted molar refractivity (Wildman–Crippen MR) is 68.0 cm³/mol. The van der Waals surface area contributed by atoms with Crippen molar-refractivity contribution in [3.05, 3.63) is 53.6 Å². The van der Waals surface area contributed by atoms with Gasteiger partial charge in [0.15, 0.2) is 0 Å². The molecule has 2 aromatic rings. The highest BCUT2D eigenvalue weighted by Crippen LogP contribution is 2.27. The summed E-state index contributed by atoms with van der Waals surface area (Å²) in [7, 11) is 0. The molecule has 3 N–H and O–H groups in total. The first-order chi connectivity index (χ1) is 9.77. The van der Waals surface area contributed by atoms with Crippen LogP contribution in [-0.2, 0) is 6.18 Å². The molecule has 1 heterocycles. The van der Waals surface area contributed by atoms with Crippen molar-refractivity contribution in [1.29, 1.82) is 0 Å². The van der Waals surface area contributed by atoms with E-state index < -0.39 is 23.6 Å². The van der Waals surface area contributed by atoms with Crippen molar-refractivity contribution in [2.75, 3.05) is 11.1 Å². The van der Waals surface area contributed by atoms with Crippen LogP contribution in [0.1, 0.15) is 16.1 Å². The highest BCUT2D eigenvalue weighted by molar-refractivity contribution is 6.04. The molecule has 0 spiro atoms. The first-order valence-corrected chi connectivity index (χ1v) is 5.67.